The van der Waals surface area contributed by atoms with E-state index in [1.54, 1.807) is 6.07 Å². The molecule has 18 heavy (non-hydrogen) atoms. The molecule has 4 nitrogen and oxygen atoms in total. The summed E-state index contributed by atoms with van der Waals surface area (Å²) in [6.45, 7) is 2.67. The lowest BCUT2D eigenvalue weighted by Crippen LogP contribution is -2.25. The Hall–Kier alpha value is -1.65. The Morgan fingerprint density at radius 2 is 2.00 bits per heavy atom. The van der Waals surface area contributed by atoms with Crippen molar-refractivity contribution in [1.82, 2.24) is 15.5 Å². The number of hydrogen-bond acceptors (Lipinski definition) is 4. The highest BCUT2D eigenvalue weighted by atomic mass is 35.5. The Labute approximate surface area is 111 Å². The number of rotatable bonds is 1. The summed E-state index contributed by atoms with van der Waals surface area (Å²) in [5, 5.41) is 11.9. The third kappa shape index (κ3) is 2.17. The molecule has 0 amide bonds. The number of benzene rings is 1. The van der Waals surface area contributed by atoms with Crippen LogP contribution in [0.25, 0.3) is 0 Å². The molecule has 0 unspecified atom stereocenters. The highest BCUT2D eigenvalue weighted by molar-refractivity contribution is 6.29. The van der Waals surface area contributed by atoms with Crippen molar-refractivity contribution in [1.29, 1.82) is 0 Å². The minimum atomic E-state index is 0.417. The van der Waals surface area contributed by atoms with Crippen molar-refractivity contribution < 1.29 is 0 Å². The van der Waals surface area contributed by atoms with Gasteiger partial charge in [-0.3, -0.25) is 0 Å². The van der Waals surface area contributed by atoms with Crippen LogP contribution < -0.4 is 10.2 Å². The normalized spacial score (nSPS) is 15.1. The average molecular weight is 261 g/mol. The molecule has 0 saturated heterocycles. The molecule has 92 valence electrons. The van der Waals surface area contributed by atoms with Gasteiger partial charge in [0.25, 0.3) is 0 Å². The van der Waals surface area contributed by atoms with Gasteiger partial charge < -0.3 is 10.2 Å². The van der Waals surface area contributed by atoms with E-state index in [9.17, 15) is 0 Å². The van der Waals surface area contributed by atoms with E-state index in [1.165, 1.54) is 11.3 Å². The van der Waals surface area contributed by atoms with E-state index in [4.69, 9.17) is 11.6 Å². The first kappa shape index (κ1) is 11.4. The molecular formula is C13H13ClN4. The first-order valence-corrected chi connectivity index (χ1v) is 6.28. The van der Waals surface area contributed by atoms with Gasteiger partial charge >= 0.3 is 0 Å². The van der Waals surface area contributed by atoms with E-state index in [-0.39, 0.29) is 0 Å². The molecule has 1 N–H and O–H groups in total. The number of para-hydroxylation sites is 1. The standard InChI is InChI=1S/C13H13ClN4/c14-12-5-6-13(17-16-12)18-8-7-15-9-10-3-1-2-4-11(10)18/h1-6,15H,7-9H2. The molecule has 2 heterocycles. The van der Waals surface area contributed by atoms with Crippen LogP contribution in [-0.2, 0) is 6.54 Å². The predicted octanol–water partition coefficient (Wildman–Crippen LogP) is 2.37. The molecule has 1 aliphatic rings. The summed E-state index contributed by atoms with van der Waals surface area (Å²) in [7, 11) is 0. The van der Waals surface area contributed by atoms with Crippen molar-refractivity contribution >= 4 is 23.1 Å². The Morgan fingerprint density at radius 1 is 1.11 bits per heavy atom. The highest BCUT2D eigenvalue weighted by Gasteiger charge is 2.17. The van der Waals surface area contributed by atoms with Crippen LogP contribution in [0.3, 0.4) is 0 Å². The van der Waals surface area contributed by atoms with Crippen LogP contribution in [0, 0.1) is 0 Å². The third-order valence-corrected chi connectivity index (χ3v) is 3.21. The third-order valence-electron chi connectivity index (χ3n) is 3.00. The summed E-state index contributed by atoms with van der Waals surface area (Å²) in [5.74, 6) is 0.829. The van der Waals surface area contributed by atoms with E-state index in [0.29, 0.717) is 5.15 Å². The van der Waals surface area contributed by atoms with Crippen LogP contribution in [0.4, 0.5) is 11.5 Å². The summed E-state index contributed by atoms with van der Waals surface area (Å²) >= 11 is 5.78. The van der Waals surface area contributed by atoms with Gasteiger partial charge in [-0.1, -0.05) is 29.8 Å². The molecule has 1 aliphatic heterocycles. The zero-order valence-corrected chi connectivity index (χ0v) is 10.6. The molecule has 0 radical (unpaired) electrons. The second-order valence-corrected chi connectivity index (χ2v) is 4.56. The van der Waals surface area contributed by atoms with Crippen molar-refractivity contribution in [2.45, 2.75) is 6.54 Å². The van der Waals surface area contributed by atoms with Gasteiger partial charge in [-0.05, 0) is 23.8 Å². The van der Waals surface area contributed by atoms with Crippen molar-refractivity contribution in [2.75, 3.05) is 18.0 Å². The number of fused-ring (bicyclic) bond motifs is 1. The van der Waals surface area contributed by atoms with E-state index < -0.39 is 0 Å². The molecule has 0 atom stereocenters. The number of halogens is 1. The molecule has 3 rings (SSSR count). The second-order valence-electron chi connectivity index (χ2n) is 4.17. The number of nitrogens with zero attached hydrogens (tertiary/aromatic N) is 3. The van der Waals surface area contributed by atoms with Gasteiger partial charge in [-0.15, -0.1) is 10.2 Å². The number of anilines is 2. The van der Waals surface area contributed by atoms with Crippen molar-refractivity contribution in [2.24, 2.45) is 0 Å². The molecule has 1 aromatic heterocycles. The first-order chi connectivity index (χ1) is 8.84. The molecule has 1 aromatic carbocycles. The molecule has 0 bridgehead atoms. The monoisotopic (exact) mass is 260 g/mol. The first-order valence-electron chi connectivity index (χ1n) is 5.90. The number of hydrogen-bond donors (Lipinski definition) is 1. The predicted molar refractivity (Wildman–Crippen MR) is 72.2 cm³/mol. The van der Waals surface area contributed by atoms with Gasteiger partial charge in [-0.2, -0.15) is 0 Å². The topological polar surface area (TPSA) is 41.0 Å². The summed E-state index contributed by atoms with van der Waals surface area (Å²) in [5.41, 5.74) is 2.45. The quantitative estimate of drug-likeness (QED) is 0.855. The number of aromatic nitrogens is 2. The smallest absolute Gasteiger partial charge is 0.155 e. The average Bonchev–Trinajstić information content (AvgIpc) is 2.62. The summed E-state index contributed by atoms with van der Waals surface area (Å²) < 4.78 is 0. The van der Waals surface area contributed by atoms with Crippen LogP contribution in [0.5, 0.6) is 0 Å². The molecule has 2 aromatic rings. The maximum atomic E-state index is 5.78. The fraction of sp³-hybridized carbons (Fsp3) is 0.231. The summed E-state index contributed by atoms with van der Waals surface area (Å²) in [4.78, 5) is 2.17. The Kier molecular flexibility index (Phi) is 3.13. The maximum absolute atomic E-state index is 5.78. The zero-order valence-electron chi connectivity index (χ0n) is 9.81. The lowest BCUT2D eigenvalue weighted by Gasteiger charge is -2.22. The minimum absolute atomic E-state index is 0.417. The van der Waals surface area contributed by atoms with Gasteiger partial charge in [0.2, 0.25) is 0 Å². The fourth-order valence-electron chi connectivity index (χ4n) is 2.15. The van der Waals surface area contributed by atoms with Crippen molar-refractivity contribution in [3.8, 4) is 0 Å². The Bertz CT molecular complexity index is 541. The minimum Gasteiger partial charge on any atom is -0.323 e. The van der Waals surface area contributed by atoms with Crippen LogP contribution in [0.1, 0.15) is 5.56 Å². The van der Waals surface area contributed by atoms with Gasteiger partial charge in [0.15, 0.2) is 11.0 Å². The molecular weight excluding hydrogens is 248 g/mol. The lowest BCUT2D eigenvalue weighted by molar-refractivity contribution is 0.710. The van der Waals surface area contributed by atoms with E-state index in [1.807, 2.05) is 12.1 Å². The zero-order chi connectivity index (χ0) is 12.4. The van der Waals surface area contributed by atoms with Gasteiger partial charge in [-0.25, -0.2) is 0 Å². The number of nitrogens with one attached hydrogen (secondary N) is 1. The van der Waals surface area contributed by atoms with Crippen molar-refractivity contribution in [3.05, 3.63) is 47.1 Å². The van der Waals surface area contributed by atoms with Crippen LogP contribution >= 0.6 is 11.6 Å². The van der Waals surface area contributed by atoms with Crippen LogP contribution in [-0.4, -0.2) is 23.3 Å². The Morgan fingerprint density at radius 3 is 2.83 bits per heavy atom. The summed E-state index contributed by atoms with van der Waals surface area (Å²) in [6, 6.07) is 12.0. The Balaban J connectivity index is 2.03. The van der Waals surface area contributed by atoms with Gasteiger partial charge in [0.1, 0.15) is 0 Å². The SMILES string of the molecule is Clc1ccc(N2CCNCc3ccccc32)nn1. The molecule has 0 spiro atoms. The van der Waals surface area contributed by atoms with Crippen LogP contribution in [0.2, 0.25) is 5.15 Å². The highest BCUT2D eigenvalue weighted by Crippen LogP contribution is 2.28. The maximum Gasteiger partial charge on any atom is 0.155 e. The lowest BCUT2D eigenvalue weighted by atomic mass is 10.1. The van der Waals surface area contributed by atoms with E-state index >= 15 is 0 Å². The molecule has 0 saturated carbocycles. The van der Waals surface area contributed by atoms with E-state index in [0.717, 1.165) is 25.5 Å². The molecule has 5 heteroatoms. The largest absolute Gasteiger partial charge is 0.323 e. The van der Waals surface area contributed by atoms with Gasteiger partial charge in [0, 0.05) is 25.3 Å². The van der Waals surface area contributed by atoms with Gasteiger partial charge in [0.05, 0.1) is 0 Å². The molecule has 0 aliphatic carbocycles. The molecule has 0 fully saturated rings. The van der Waals surface area contributed by atoms with Crippen molar-refractivity contribution in [3.63, 3.8) is 0 Å². The van der Waals surface area contributed by atoms with E-state index in [2.05, 4.69) is 38.6 Å². The fourth-order valence-corrected chi connectivity index (χ4v) is 2.25. The second kappa shape index (κ2) is 4.92. The van der Waals surface area contributed by atoms with Crippen LogP contribution in [0.15, 0.2) is 36.4 Å². The summed E-state index contributed by atoms with van der Waals surface area (Å²) in [6.07, 6.45) is 0.